The second-order valence-electron chi connectivity index (χ2n) is 3.56. The molecule has 1 aromatic rings. The summed E-state index contributed by atoms with van der Waals surface area (Å²) in [6, 6.07) is 5.80. The van der Waals surface area contributed by atoms with Gasteiger partial charge in [0, 0.05) is 0 Å². The molecule has 0 radical (unpaired) electrons. The maximum absolute atomic E-state index is 5.81. The predicted octanol–water partition coefficient (Wildman–Crippen LogP) is 3.01. The SMILES string of the molecule is COc1ccc(C(N)Cl)cc1C(C)C. The highest BCUT2D eigenvalue weighted by Gasteiger charge is 2.10. The van der Waals surface area contributed by atoms with Gasteiger partial charge in [-0.05, 0) is 29.2 Å². The fourth-order valence-corrected chi connectivity index (χ4v) is 1.51. The first-order valence-electron chi connectivity index (χ1n) is 4.63. The van der Waals surface area contributed by atoms with Gasteiger partial charge in [0.15, 0.2) is 0 Å². The average molecular weight is 214 g/mol. The second-order valence-corrected chi connectivity index (χ2v) is 4.03. The van der Waals surface area contributed by atoms with E-state index in [2.05, 4.69) is 13.8 Å². The Hall–Kier alpha value is -0.730. The van der Waals surface area contributed by atoms with E-state index in [0.717, 1.165) is 16.9 Å². The number of benzene rings is 1. The number of hydrogen-bond donors (Lipinski definition) is 1. The van der Waals surface area contributed by atoms with E-state index in [4.69, 9.17) is 22.1 Å². The lowest BCUT2D eigenvalue weighted by Gasteiger charge is -2.14. The molecular formula is C11H16ClNO. The van der Waals surface area contributed by atoms with Crippen LogP contribution in [0.2, 0.25) is 0 Å². The summed E-state index contributed by atoms with van der Waals surface area (Å²) in [5, 5.41) is 0. The first kappa shape index (κ1) is 11.3. The van der Waals surface area contributed by atoms with E-state index in [1.54, 1.807) is 7.11 Å². The Bertz CT molecular complexity index is 310. The lowest BCUT2D eigenvalue weighted by molar-refractivity contribution is 0.407. The van der Waals surface area contributed by atoms with Crippen molar-refractivity contribution in [3.8, 4) is 5.75 Å². The van der Waals surface area contributed by atoms with Gasteiger partial charge in [-0.3, -0.25) is 0 Å². The summed E-state index contributed by atoms with van der Waals surface area (Å²) < 4.78 is 5.26. The van der Waals surface area contributed by atoms with Crippen molar-refractivity contribution in [3.63, 3.8) is 0 Å². The monoisotopic (exact) mass is 213 g/mol. The van der Waals surface area contributed by atoms with Crippen LogP contribution in [-0.4, -0.2) is 7.11 Å². The molecule has 1 rings (SSSR count). The first-order valence-corrected chi connectivity index (χ1v) is 5.07. The molecule has 3 heteroatoms. The van der Waals surface area contributed by atoms with Gasteiger partial charge in [0.1, 0.15) is 11.3 Å². The van der Waals surface area contributed by atoms with Gasteiger partial charge in [0.2, 0.25) is 0 Å². The van der Waals surface area contributed by atoms with Crippen molar-refractivity contribution in [2.45, 2.75) is 25.3 Å². The molecule has 2 N–H and O–H groups in total. The highest BCUT2D eigenvalue weighted by molar-refractivity contribution is 6.20. The van der Waals surface area contributed by atoms with E-state index in [1.165, 1.54) is 0 Å². The molecule has 0 fully saturated rings. The van der Waals surface area contributed by atoms with Crippen LogP contribution in [0.25, 0.3) is 0 Å². The third kappa shape index (κ3) is 2.40. The van der Waals surface area contributed by atoms with E-state index in [0.29, 0.717) is 5.92 Å². The zero-order chi connectivity index (χ0) is 10.7. The molecule has 1 aromatic carbocycles. The quantitative estimate of drug-likeness (QED) is 0.619. The number of rotatable bonds is 3. The molecule has 1 unspecified atom stereocenters. The van der Waals surface area contributed by atoms with E-state index in [-0.39, 0.29) is 0 Å². The standard InChI is InChI=1S/C11H16ClNO/c1-7(2)9-6-8(11(12)13)4-5-10(9)14-3/h4-7,11H,13H2,1-3H3. The Labute approximate surface area is 90.0 Å². The minimum absolute atomic E-state index is 0.403. The summed E-state index contributed by atoms with van der Waals surface area (Å²) in [5.74, 6) is 1.29. The van der Waals surface area contributed by atoms with Gasteiger partial charge in [-0.15, -0.1) is 11.6 Å². The van der Waals surface area contributed by atoms with Crippen LogP contribution in [0.3, 0.4) is 0 Å². The fraction of sp³-hybridized carbons (Fsp3) is 0.455. The average Bonchev–Trinajstić information content (AvgIpc) is 2.16. The molecule has 0 amide bonds. The zero-order valence-electron chi connectivity index (χ0n) is 8.75. The molecule has 0 aromatic heterocycles. The molecule has 0 bridgehead atoms. The Balaban J connectivity index is 3.14. The van der Waals surface area contributed by atoms with Crippen LogP contribution in [0.5, 0.6) is 5.75 Å². The summed E-state index contributed by atoms with van der Waals surface area (Å²) in [7, 11) is 1.67. The van der Waals surface area contributed by atoms with Gasteiger partial charge < -0.3 is 10.5 Å². The van der Waals surface area contributed by atoms with Crippen molar-refractivity contribution in [1.29, 1.82) is 0 Å². The minimum Gasteiger partial charge on any atom is -0.496 e. The Morgan fingerprint density at radius 1 is 1.36 bits per heavy atom. The van der Waals surface area contributed by atoms with Crippen LogP contribution in [0.4, 0.5) is 0 Å². The summed E-state index contributed by atoms with van der Waals surface area (Å²) in [6.07, 6.45) is 0. The van der Waals surface area contributed by atoms with Crippen LogP contribution in [0.1, 0.15) is 36.4 Å². The molecule has 14 heavy (non-hydrogen) atoms. The largest absolute Gasteiger partial charge is 0.496 e. The van der Waals surface area contributed by atoms with E-state index in [1.807, 2.05) is 18.2 Å². The Morgan fingerprint density at radius 2 is 2.00 bits per heavy atom. The number of methoxy groups -OCH3 is 1. The van der Waals surface area contributed by atoms with Crippen LogP contribution in [-0.2, 0) is 0 Å². The van der Waals surface area contributed by atoms with Crippen LogP contribution in [0.15, 0.2) is 18.2 Å². The van der Waals surface area contributed by atoms with Gasteiger partial charge in [-0.1, -0.05) is 19.9 Å². The predicted molar refractivity (Wildman–Crippen MR) is 59.9 cm³/mol. The van der Waals surface area contributed by atoms with Crippen LogP contribution >= 0.6 is 11.6 Å². The molecule has 0 aliphatic heterocycles. The third-order valence-corrected chi connectivity index (χ3v) is 2.45. The van der Waals surface area contributed by atoms with Gasteiger partial charge in [0.25, 0.3) is 0 Å². The smallest absolute Gasteiger partial charge is 0.122 e. The third-order valence-electron chi connectivity index (χ3n) is 2.19. The number of ether oxygens (including phenoxy) is 1. The molecular weight excluding hydrogens is 198 g/mol. The second kappa shape index (κ2) is 4.67. The van der Waals surface area contributed by atoms with E-state index >= 15 is 0 Å². The molecule has 0 spiro atoms. The maximum atomic E-state index is 5.81. The molecule has 0 saturated heterocycles. The van der Waals surface area contributed by atoms with E-state index in [9.17, 15) is 0 Å². The zero-order valence-corrected chi connectivity index (χ0v) is 9.51. The number of alkyl halides is 1. The summed E-state index contributed by atoms with van der Waals surface area (Å²) in [6.45, 7) is 4.22. The fourth-order valence-electron chi connectivity index (χ4n) is 1.38. The van der Waals surface area contributed by atoms with Crippen LogP contribution < -0.4 is 10.5 Å². The molecule has 78 valence electrons. The van der Waals surface area contributed by atoms with Crippen molar-refractivity contribution in [2.24, 2.45) is 5.73 Å². The van der Waals surface area contributed by atoms with Gasteiger partial charge in [-0.25, -0.2) is 0 Å². The maximum Gasteiger partial charge on any atom is 0.122 e. The lowest BCUT2D eigenvalue weighted by Crippen LogP contribution is -2.04. The molecule has 0 aliphatic rings. The highest BCUT2D eigenvalue weighted by Crippen LogP contribution is 2.29. The topological polar surface area (TPSA) is 35.2 Å². The first-order chi connectivity index (χ1) is 6.56. The number of halogens is 1. The molecule has 0 heterocycles. The molecule has 2 nitrogen and oxygen atoms in total. The molecule has 0 aliphatic carbocycles. The highest BCUT2D eigenvalue weighted by atomic mass is 35.5. The lowest BCUT2D eigenvalue weighted by atomic mass is 9.99. The van der Waals surface area contributed by atoms with Crippen molar-refractivity contribution in [2.75, 3.05) is 7.11 Å². The van der Waals surface area contributed by atoms with Gasteiger partial charge >= 0.3 is 0 Å². The summed E-state index contributed by atoms with van der Waals surface area (Å²) in [4.78, 5) is 0. The Kier molecular flexibility index (Phi) is 3.78. The number of hydrogen-bond acceptors (Lipinski definition) is 2. The van der Waals surface area contributed by atoms with Crippen molar-refractivity contribution in [3.05, 3.63) is 29.3 Å². The van der Waals surface area contributed by atoms with Crippen molar-refractivity contribution in [1.82, 2.24) is 0 Å². The summed E-state index contributed by atoms with van der Waals surface area (Å²) >= 11 is 5.81. The van der Waals surface area contributed by atoms with Gasteiger partial charge in [0.05, 0.1) is 7.11 Å². The molecule has 1 atom stereocenters. The normalized spacial score (nSPS) is 13.0. The van der Waals surface area contributed by atoms with Crippen molar-refractivity contribution < 1.29 is 4.74 Å². The van der Waals surface area contributed by atoms with Crippen LogP contribution in [0, 0.1) is 0 Å². The van der Waals surface area contributed by atoms with Gasteiger partial charge in [-0.2, -0.15) is 0 Å². The summed E-state index contributed by atoms with van der Waals surface area (Å²) in [5.41, 5.74) is 7.22. The van der Waals surface area contributed by atoms with E-state index < -0.39 is 5.50 Å². The minimum atomic E-state index is -0.446. The number of nitrogens with two attached hydrogens (primary N) is 1. The molecule has 0 saturated carbocycles. The van der Waals surface area contributed by atoms with Crippen molar-refractivity contribution >= 4 is 11.6 Å². The Morgan fingerprint density at radius 3 is 2.43 bits per heavy atom.